The predicted molar refractivity (Wildman–Crippen MR) is 128 cm³/mol. The third kappa shape index (κ3) is 6.49. The molecule has 2 fully saturated rings. The molecule has 6 nitrogen and oxygen atoms in total. The lowest BCUT2D eigenvalue weighted by Gasteiger charge is -2.26. The molecule has 0 spiro atoms. The van der Waals surface area contributed by atoms with Crippen LogP contribution in [0, 0.1) is 6.92 Å². The molecule has 1 aromatic rings. The summed E-state index contributed by atoms with van der Waals surface area (Å²) < 4.78 is 5.24. The summed E-state index contributed by atoms with van der Waals surface area (Å²) in [6, 6.07) is 9.83. The molecule has 0 radical (unpaired) electrons. The van der Waals surface area contributed by atoms with Crippen molar-refractivity contribution in [3.8, 4) is 0 Å². The van der Waals surface area contributed by atoms with Crippen LogP contribution in [0.5, 0.6) is 0 Å². The zero-order valence-electron chi connectivity index (χ0n) is 17.5. The van der Waals surface area contributed by atoms with Crippen LogP contribution in [0.25, 0.3) is 0 Å². The van der Waals surface area contributed by atoms with E-state index in [1.54, 1.807) is 7.11 Å². The van der Waals surface area contributed by atoms with Gasteiger partial charge in [0.05, 0.1) is 6.61 Å². The van der Waals surface area contributed by atoms with Crippen molar-refractivity contribution in [3.05, 3.63) is 29.8 Å². The first kappa shape index (κ1) is 23.2. The number of rotatable bonds is 7. The Morgan fingerprint density at radius 1 is 1.21 bits per heavy atom. The van der Waals surface area contributed by atoms with Gasteiger partial charge >= 0.3 is 0 Å². The highest BCUT2D eigenvalue weighted by Gasteiger charge is 2.26. The number of likely N-dealkylation sites (tertiary alicyclic amines) is 1. The lowest BCUT2D eigenvalue weighted by Crippen LogP contribution is -2.48. The van der Waals surface area contributed by atoms with E-state index >= 15 is 0 Å². The molecule has 3 rings (SSSR count). The third-order valence-corrected chi connectivity index (χ3v) is 5.74. The fraction of sp³-hybridized carbons (Fsp3) is 0.667. The van der Waals surface area contributed by atoms with Crippen LogP contribution in [0.15, 0.2) is 29.3 Å². The van der Waals surface area contributed by atoms with E-state index in [4.69, 9.17) is 4.74 Å². The monoisotopic (exact) mass is 501 g/mol. The lowest BCUT2D eigenvalue weighted by atomic mass is 10.2. The number of nitrogens with zero attached hydrogens (tertiary/aromatic N) is 3. The van der Waals surface area contributed by atoms with Gasteiger partial charge in [-0.15, -0.1) is 24.0 Å². The van der Waals surface area contributed by atoms with Crippen LogP contribution in [-0.4, -0.2) is 76.4 Å². The van der Waals surface area contributed by atoms with E-state index in [9.17, 15) is 0 Å². The number of aliphatic imine (C=N–C) groups is 1. The van der Waals surface area contributed by atoms with Crippen LogP contribution in [0.2, 0.25) is 0 Å². The van der Waals surface area contributed by atoms with Crippen molar-refractivity contribution >= 4 is 35.6 Å². The van der Waals surface area contributed by atoms with Crippen LogP contribution >= 0.6 is 24.0 Å². The maximum atomic E-state index is 5.24. The van der Waals surface area contributed by atoms with Gasteiger partial charge < -0.3 is 20.3 Å². The summed E-state index contributed by atoms with van der Waals surface area (Å²) in [6.45, 7) is 8.18. The van der Waals surface area contributed by atoms with Gasteiger partial charge in [-0.3, -0.25) is 9.89 Å². The van der Waals surface area contributed by atoms with E-state index in [1.165, 1.54) is 30.6 Å². The van der Waals surface area contributed by atoms with E-state index in [2.05, 4.69) is 56.6 Å². The van der Waals surface area contributed by atoms with Crippen LogP contribution in [0.4, 0.5) is 5.69 Å². The van der Waals surface area contributed by atoms with Crippen molar-refractivity contribution in [1.82, 2.24) is 15.5 Å². The molecule has 2 unspecified atom stereocenters. The second kappa shape index (κ2) is 11.8. The molecule has 28 heavy (non-hydrogen) atoms. The second-order valence-electron chi connectivity index (χ2n) is 7.69. The molecule has 2 N–H and O–H groups in total. The number of methoxy groups -OCH3 is 1. The first-order chi connectivity index (χ1) is 13.2. The lowest BCUT2D eigenvalue weighted by molar-refractivity contribution is 0.141. The van der Waals surface area contributed by atoms with Crippen molar-refractivity contribution < 1.29 is 4.74 Å². The molecule has 2 aliphatic heterocycles. The molecule has 2 atom stereocenters. The number of ether oxygens (including phenoxy) is 1. The van der Waals surface area contributed by atoms with Gasteiger partial charge in [0.2, 0.25) is 0 Å². The van der Waals surface area contributed by atoms with Gasteiger partial charge in [0.25, 0.3) is 0 Å². The van der Waals surface area contributed by atoms with Gasteiger partial charge in [-0.05, 0) is 44.9 Å². The zero-order chi connectivity index (χ0) is 19.1. The normalized spacial score (nSPS) is 23.0. The summed E-state index contributed by atoms with van der Waals surface area (Å²) >= 11 is 0. The highest BCUT2D eigenvalue weighted by atomic mass is 127. The third-order valence-electron chi connectivity index (χ3n) is 5.74. The average Bonchev–Trinajstić information content (AvgIpc) is 3.33. The minimum absolute atomic E-state index is 0. The number of hydrogen-bond donors (Lipinski definition) is 2. The fourth-order valence-corrected chi connectivity index (χ4v) is 4.10. The SMILES string of the molecule is CN=C(NCC1CCCN1CCOC)NC1CCN(c2ccc(C)cc2)C1.I. The average molecular weight is 501 g/mol. The summed E-state index contributed by atoms with van der Waals surface area (Å²) in [5.41, 5.74) is 2.62. The van der Waals surface area contributed by atoms with E-state index < -0.39 is 0 Å². The van der Waals surface area contributed by atoms with Gasteiger partial charge in [0.1, 0.15) is 0 Å². The Morgan fingerprint density at radius 2 is 2.00 bits per heavy atom. The van der Waals surface area contributed by atoms with Crippen molar-refractivity contribution in [2.45, 2.75) is 38.3 Å². The van der Waals surface area contributed by atoms with Crippen LogP contribution in [-0.2, 0) is 4.74 Å². The Morgan fingerprint density at radius 3 is 2.71 bits per heavy atom. The van der Waals surface area contributed by atoms with E-state index in [1.807, 2.05) is 7.05 Å². The van der Waals surface area contributed by atoms with Gasteiger partial charge in [0, 0.05) is 58.1 Å². The highest BCUT2D eigenvalue weighted by molar-refractivity contribution is 14.0. The van der Waals surface area contributed by atoms with Crippen molar-refractivity contribution in [2.24, 2.45) is 4.99 Å². The molecule has 2 heterocycles. The van der Waals surface area contributed by atoms with E-state index in [0.717, 1.165) is 45.2 Å². The van der Waals surface area contributed by atoms with E-state index in [-0.39, 0.29) is 24.0 Å². The Balaban J connectivity index is 0.00000280. The second-order valence-corrected chi connectivity index (χ2v) is 7.69. The fourth-order valence-electron chi connectivity index (χ4n) is 4.10. The maximum absolute atomic E-state index is 5.24. The molecule has 0 saturated carbocycles. The molecule has 0 aliphatic carbocycles. The van der Waals surface area contributed by atoms with Gasteiger partial charge in [-0.1, -0.05) is 17.7 Å². The topological polar surface area (TPSA) is 52.1 Å². The molecule has 158 valence electrons. The van der Waals surface area contributed by atoms with Gasteiger partial charge in [-0.2, -0.15) is 0 Å². The standard InChI is InChI=1S/C21H35N5O.HI/c1-17-6-8-19(9-7-17)26-12-10-18(16-26)24-21(22-2)23-15-20-5-4-11-25(20)13-14-27-3;/h6-9,18,20H,4-5,10-16H2,1-3H3,(H2,22,23,24);1H. The van der Waals surface area contributed by atoms with Crippen molar-refractivity contribution in [3.63, 3.8) is 0 Å². The molecule has 1 aromatic carbocycles. The van der Waals surface area contributed by atoms with Gasteiger partial charge in [-0.25, -0.2) is 0 Å². The zero-order valence-corrected chi connectivity index (χ0v) is 19.8. The number of halogens is 1. The number of benzene rings is 1. The maximum Gasteiger partial charge on any atom is 0.191 e. The molecule has 0 bridgehead atoms. The summed E-state index contributed by atoms with van der Waals surface area (Å²) in [6.07, 6.45) is 3.66. The number of guanidine groups is 1. The number of aryl methyl sites for hydroxylation is 1. The summed E-state index contributed by atoms with van der Waals surface area (Å²) in [5, 5.41) is 7.16. The first-order valence-electron chi connectivity index (χ1n) is 10.2. The minimum Gasteiger partial charge on any atom is -0.383 e. The summed E-state index contributed by atoms with van der Waals surface area (Å²) in [4.78, 5) is 9.42. The molecule has 0 amide bonds. The van der Waals surface area contributed by atoms with Crippen LogP contribution < -0.4 is 15.5 Å². The quantitative estimate of drug-likeness (QED) is 0.342. The Kier molecular flexibility index (Phi) is 9.81. The van der Waals surface area contributed by atoms with Crippen molar-refractivity contribution in [1.29, 1.82) is 0 Å². The summed E-state index contributed by atoms with van der Waals surface area (Å²) in [5.74, 6) is 0.921. The number of anilines is 1. The summed E-state index contributed by atoms with van der Waals surface area (Å²) in [7, 11) is 3.63. The smallest absolute Gasteiger partial charge is 0.191 e. The first-order valence-corrected chi connectivity index (χ1v) is 10.2. The number of nitrogens with one attached hydrogen (secondary N) is 2. The number of hydrogen-bond acceptors (Lipinski definition) is 4. The minimum atomic E-state index is 0. The van der Waals surface area contributed by atoms with Crippen LogP contribution in [0.1, 0.15) is 24.8 Å². The van der Waals surface area contributed by atoms with Crippen LogP contribution in [0.3, 0.4) is 0 Å². The molecular formula is C21H36IN5O. The molecule has 2 aliphatic rings. The molecule has 0 aromatic heterocycles. The molecule has 2 saturated heterocycles. The van der Waals surface area contributed by atoms with Gasteiger partial charge in [0.15, 0.2) is 5.96 Å². The largest absolute Gasteiger partial charge is 0.383 e. The molecule has 7 heteroatoms. The van der Waals surface area contributed by atoms with E-state index in [0.29, 0.717) is 12.1 Å². The highest BCUT2D eigenvalue weighted by Crippen LogP contribution is 2.21. The van der Waals surface area contributed by atoms with Crippen molar-refractivity contribution in [2.75, 3.05) is 58.4 Å². The predicted octanol–water partition coefficient (Wildman–Crippen LogP) is 2.47. The Bertz CT molecular complexity index is 609. The Hall–Kier alpha value is -1.06. The molecular weight excluding hydrogens is 465 g/mol. The Labute approximate surface area is 187 Å².